The Kier molecular flexibility index (Phi) is 8.33. The molecule has 1 saturated carbocycles. The van der Waals surface area contributed by atoms with Gasteiger partial charge in [0.25, 0.3) is 5.91 Å². The molecular weight excluding hydrogens is 400 g/mol. The zero-order valence-corrected chi connectivity index (χ0v) is 17.4. The van der Waals surface area contributed by atoms with E-state index in [9.17, 15) is 14.4 Å². The zero-order valence-electron chi connectivity index (χ0n) is 16.6. The second-order valence-corrected chi connectivity index (χ2v) is 7.38. The molecule has 0 heterocycles. The molecule has 1 aromatic rings. The van der Waals surface area contributed by atoms with E-state index in [1.807, 2.05) is 13.8 Å². The van der Waals surface area contributed by atoms with Gasteiger partial charge in [0.1, 0.15) is 0 Å². The summed E-state index contributed by atoms with van der Waals surface area (Å²) in [6.07, 6.45) is 4.43. The molecule has 1 aliphatic carbocycles. The van der Waals surface area contributed by atoms with Crippen LogP contribution in [-0.4, -0.2) is 44.3 Å². The molecule has 0 aromatic heterocycles. The van der Waals surface area contributed by atoms with Gasteiger partial charge >= 0.3 is 12.0 Å². The standard InChI is InChI=1S/C20H25ClN2O6/c1-12(2)10-29-19-15(21)8-13(9-16(19)27-3)4-7-18(25)28-11-17(24)23-20(26)22-14-5-6-14/h4,7-9,12,14H,5-6,10-11H2,1-3H3,(H2,22,23,24,26)/b7-4+. The molecule has 3 amide bonds. The van der Waals surface area contributed by atoms with Crippen molar-refractivity contribution in [3.05, 3.63) is 28.8 Å². The van der Waals surface area contributed by atoms with E-state index in [0.717, 1.165) is 18.9 Å². The summed E-state index contributed by atoms with van der Waals surface area (Å²) in [7, 11) is 1.49. The smallest absolute Gasteiger partial charge is 0.331 e. The van der Waals surface area contributed by atoms with Gasteiger partial charge in [0.15, 0.2) is 18.1 Å². The lowest BCUT2D eigenvalue weighted by Gasteiger charge is -2.14. The first kappa shape index (κ1) is 22.5. The molecule has 0 unspecified atom stereocenters. The summed E-state index contributed by atoms with van der Waals surface area (Å²) in [6, 6.07) is 2.82. The summed E-state index contributed by atoms with van der Waals surface area (Å²) in [4.78, 5) is 34.8. The van der Waals surface area contributed by atoms with Gasteiger partial charge in [-0.2, -0.15) is 0 Å². The highest BCUT2D eigenvalue weighted by Crippen LogP contribution is 2.37. The Bertz CT molecular complexity index is 789. The number of nitrogens with one attached hydrogen (secondary N) is 2. The number of esters is 1. The molecule has 29 heavy (non-hydrogen) atoms. The molecule has 0 radical (unpaired) electrons. The molecule has 9 heteroatoms. The van der Waals surface area contributed by atoms with Crippen molar-refractivity contribution in [2.75, 3.05) is 20.3 Å². The van der Waals surface area contributed by atoms with Crippen LogP contribution in [0, 0.1) is 5.92 Å². The van der Waals surface area contributed by atoms with E-state index in [0.29, 0.717) is 34.6 Å². The van der Waals surface area contributed by atoms with Crippen molar-refractivity contribution in [3.8, 4) is 11.5 Å². The SMILES string of the molecule is COc1cc(/C=C/C(=O)OCC(=O)NC(=O)NC2CC2)cc(Cl)c1OCC(C)C. The first-order chi connectivity index (χ1) is 13.8. The minimum Gasteiger partial charge on any atom is -0.493 e. The second-order valence-electron chi connectivity index (χ2n) is 6.98. The molecule has 1 fully saturated rings. The number of urea groups is 1. The monoisotopic (exact) mass is 424 g/mol. The maximum Gasteiger partial charge on any atom is 0.331 e. The van der Waals surface area contributed by atoms with E-state index in [4.69, 9.17) is 25.8 Å². The highest BCUT2D eigenvalue weighted by atomic mass is 35.5. The molecular formula is C20H25ClN2O6. The third-order valence-corrected chi connectivity index (χ3v) is 4.02. The van der Waals surface area contributed by atoms with Gasteiger partial charge in [-0.05, 0) is 42.5 Å². The predicted octanol–water partition coefficient (Wildman–Crippen LogP) is 2.93. The average Bonchev–Trinajstić information content (AvgIpc) is 3.46. The van der Waals surface area contributed by atoms with E-state index in [1.54, 1.807) is 12.1 Å². The Morgan fingerprint density at radius 2 is 2.00 bits per heavy atom. The summed E-state index contributed by atoms with van der Waals surface area (Å²) in [5.74, 6) is -0.253. The Balaban J connectivity index is 1.87. The first-order valence-electron chi connectivity index (χ1n) is 9.24. The number of carbonyl (C=O) groups excluding carboxylic acids is 3. The van der Waals surface area contributed by atoms with Crippen LogP contribution in [0.1, 0.15) is 32.3 Å². The lowest BCUT2D eigenvalue weighted by molar-refractivity contribution is -0.143. The third kappa shape index (κ3) is 8.03. The highest BCUT2D eigenvalue weighted by Gasteiger charge is 2.24. The van der Waals surface area contributed by atoms with Gasteiger partial charge in [-0.3, -0.25) is 10.1 Å². The fraction of sp³-hybridized carbons (Fsp3) is 0.450. The highest BCUT2D eigenvalue weighted by molar-refractivity contribution is 6.32. The van der Waals surface area contributed by atoms with Crippen molar-refractivity contribution in [3.63, 3.8) is 0 Å². The van der Waals surface area contributed by atoms with Crippen LogP contribution in [0.4, 0.5) is 4.79 Å². The van der Waals surface area contributed by atoms with Crippen LogP contribution < -0.4 is 20.1 Å². The summed E-state index contributed by atoms with van der Waals surface area (Å²) in [5, 5.41) is 5.03. The Labute approximate surface area is 174 Å². The van der Waals surface area contributed by atoms with E-state index in [1.165, 1.54) is 13.2 Å². The number of methoxy groups -OCH3 is 1. The molecule has 1 aromatic carbocycles. The van der Waals surface area contributed by atoms with Crippen LogP contribution in [0.3, 0.4) is 0 Å². The van der Waals surface area contributed by atoms with Gasteiger partial charge in [0, 0.05) is 12.1 Å². The molecule has 0 bridgehead atoms. The molecule has 0 saturated heterocycles. The summed E-state index contributed by atoms with van der Waals surface area (Å²) in [5.41, 5.74) is 0.592. The van der Waals surface area contributed by atoms with Crippen molar-refractivity contribution in [1.82, 2.24) is 10.6 Å². The first-order valence-corrected chi connectivity index (χ1v) is 9.61. The largest absolute Gasteiger partial charge is 0.493 e. The molecule has 8 nitrogen and oxygen atoms in total. The van der Waals surface area contributed by atoms with Crippen LogP contribution >= 0.6 is 11.6 Å². The lowest BCUT2D eigenvalue weighted by atomic mass is 10.2. The zero-order chi connectivity index (χ0) is 21.4. The van der Waals surface area contributed by atoms with Gasteiger partial charge in [0.2, 0.25) is 0 Å². The number of halogens is 1. The Hall–Kier alpha value is -2.74. The van der Waals surface area contributed by atoms with Crippen molar-refractivity contribution in [2.45, 2.75) is 32.7 Å². The van der Waals surface area contributed by atoms with Crippen molar-refractivity contribution >= 4 is 35.6 Å². The number of carbonyl (C=O) groups is 3. The number of benzene rings is 1. The van der Waals surface area contributed by atoms with E-state index < -0.39 is 24.5 Å². The van der Waals surface area contributed by atoms with E-state index >= 15 is 0 Å². The molecule has 2 N–H and O–H groups in total. The second kappa shape index (κ2) is 10.7. The van der Waals surface area contributed by atoms with Gasteiger partial charge in [-0.15, -0.1) is 0 Å². The molecule has 0 aliphatic heterocycles. The van der Waals surface area contributed by atoms with Crippen molar-refractivity contribution < 1.29 is 28.6 Å². The van der Waals surface area contributed by atoms with Gasteiger partial charge < -0.3 is 19.5 Å². The number of imide groups is 1. The summed E-state index contributed by atoms with van der Waals surface area (Å²) in [6.45, 7) is 3.96. The van der Waals surface area contributed by atoms with E-state index in [-0.39, 0.29) is 6.04 Å². The summed E-state index contributed by atoms with van der Waals surface area (Å²) >= 11 is 6.26. The summed E-state index contributed by atoms with van der Waals surface area (Å²) < 4.78 is 15.8. The Morgan fingerprint density at radius 3 is 2.62 bits per heavy atom. The van der Waals surface area contributed by atoms with Crippen LogP contribution in [0.15, 0.2) is 18.2 Å². The van der Waals surface area contributed by atoms with Crippen molar-refractivity contribution in [1.29, 1.82) is 0 Å². The molecule has 0 spiro atoms. The maximum atomic E-state index is 11.8. The normalized spacial score (nSPS) is 13.3. The topological polar surface area (TPSA) is 103 Å². The van der Waals surface area contributed by atoms with Crippen LogP contribution in [0.2, 0.25) is 5.02 Å². The fourth-order valence-electron chi connectivity index (χ4n) is 2.19. The van der Waals surface area contributed by atoms with Gasteiger partial charge in [-0.25, -0.2) is 9.59 Å². The van der Waals surface area contributed by atoms with Gasteiger partial charge in [0.05, 0.1) is 18.7 Å². The average molecular weight is 425 g/mol. The minimum absolute atomic E-state index is 0.124. The van der Waals surface area contributed by atoms with E-state index in [2.05, 4.69) is 10.6 Å². The Morgan fingerprint density at radius 1 is 1.28 bits per heavy atom. The van der Waals surface area contributed by atoms with Gasteiger partial charge in [-0.1, -0.05) is 25.4 Å². The number of amides is 3. The number of rotatable bonds is 9. The lowest BCUT2D eigenvalue weighted by Crippen LogP contribution is -2.42. The fourth-order valence-corrected chi connectivity index (χ4v) is 2.46. The van der Waals surface area contributed by atoms with Crippen LogP contribution in [-0.2, 0) is 14.3 Å². The van der Waals surface area contributed by atoms with Crippen molar-refractivity contribution in [2.24, 2.45) is 5.92 Å². The van der Waals surface area contributed by atoms with Crippen LogP contribution in [0.25, 0.3) is 6.08 Å². The quantitative estimate of drug-likeness (QED) is 0.466. The van der Waals surface area contributed by atoms with Crippen LogP contribution in [0.5, 0.6) is 11.5 Å². The maximum absolute atomic E-state index is 11.8. The third-order valence-electron chi connectivity index (χ3n) is 3.74. The molecule has 2 rings (SSSR count). The molecule has 158 valence electrons. The predicted molar refractivity (Wildman–Crippen MR) is 108 cm³/mol. The molecule has 0 atom stereocenters. The number of hydrogen-bond donors (Lipinski definition) is 2. The minimum atomic E-state index is -0.738. The number of ether oxygens (including phenoxy) is 3. The molecule has 1 aliphatic rings. The number of hydrogen-bond acceptors (Lipinski definition) is 6.